The lowest BCUT2D eigenvalue weighted by atomic mass is 10.8. The number of halogens is 3. The summed E-state index contributed by atoms with van der Waals surface area (Å²) in [6, 6.07) is 0. The monoisotopic (exact) mass is 158 g/mol. The summed E-state index contributed by atoms with van der Waals surface area (Å²) in [7, 11) is 0. The molecule has 0 spiro atoms. The molecule has 6 heteroatoms. The second-order valence-electron chi connectivity index (χ2n) is 1.27. The van der Waals surface area contributed by atoms with Crippen LogP contribution in [0.25, 0.3) is 0 Å². The molecule has 0 saturated heterocycles. The smallest absolute Gasteiger partial charge is 0.379 e. The molecule has 0 unspecified atom stereocenters. The van der Waals surface area contributed by atoms with E-state index in [0.29, 0.717) is 0 Å². The molecule has 2 nitrogen and oxygen atoms in total. The maximum absolute atomic E-state index is 11.2. The van der Waals surface area contributed by atoms with Crippen molar-refractivity contribution in [2.75, 3.05) is 5.75 Å². The minimum atomic E-state index is -4.23. The molecular weight excluding hydrogens is 153 g/mol. The first-order valence-electron chi connectivity index (χ1n) is 1.95. The topological polar surface area (TPSA) is 49.9 Å². The van der Waals surface area contributed by atoms with Gasteiger partial charge in [-0.2, -0.15) is 13.2 Å². The highest BCUT2D eigenvalue weighted by Gasteiger charge is 2.27. The number of nitrogens with one attached hydrogen (secondary N) is 1. The van der Waals surface area contributed by atoms with Crippen molar-refractivity contribution < 1.29 is 13.2 Å². The van der Waals surface area contributed by atoms with Gasteiger partial charge in [-0.05, 0) is 0 Å². The van der Waals surface area contributed by atoms with Crippen LogP contribution in [0.4, 0.5) is 13.2 Å². The molecule has 0 aliphatic carbocycles. The van der Waals surface area contributed by atoms with E-state index in [9.17, 15) is 13.2 Å². The van der Waals surface area contributed by atoms with Gasteiger partial charge in [-0.1, -0.05) is 11.8 Å². The number of amidine groups is 1. The summed E-state index contributed by atoms with van der Waals surface area (Å²) < 4.78 is 33.7. The van der Waals surface area contributed by atoms with Gasteiger partial charge in [-0.15, -0.1) is 0 Å². The summed E-state index contributed by atoms with van der Waals surface area (Å²) in [6.07, 6.45) is -4.23. The zero-order valence-electron chi connectivity index (χ0n) is 4.33. The van der Waals surface area contributed by atoms with Gasteiger partial charge in [0.2, 0.25) is 0 Å². The van der Waals surface area contributed by atoms with Crippen LogP contribution in [0.15, 0.2) is 0 Å². The lowest BCUT2D eigenvalue weighted by molar-refractivity contribution is -0.105. The fourth-order valence-corrected chi connectivity index (χ4v) is 0.479. The molecule has 0 aromatic rings. The Morgan fingerprint density at radius 2 is 2.00 bits per heavy atom. The van der Waals surface area contributed by atoms with E-state index in [2.05, 4.69) is 5.73 Å². The van der Waals surface area contributed by atoms with Crippen molar-refractivity contribution in [1.29, 1.82) is 5.41 Å². The molecule has 9 heavy (non-hydrogen) atoms. The zero-order valence-corrected chi connectivity index (χ0v) is 5.14. The third-order valence-electron chi connectivity index (χ3n) is 0.391. The Bertz CT molecular complexity index is 110. The molecule has 0 atom stereocenters. The molecular formula is C3H5F3N2S. The third kappa shape index (κ3) is 7.61. The summed E-state index contributed by atoms with van der Waals surface area (Å²) in [5.74, 6) is -1.08. The van der Waals surface area contributed by atoms with E-state index in [1.54, 1.807) is 0 Å². The van der Waals surface area contributed by atoms with Crippen LogP contribution in [0.1, 0.15) is 0 Å². The van der Waals surface area contributed by atoms with Crippen molar-refractivity contribution in [3.8, 4) is 0 Å². The van der Waals surface area contributed by atoms with Gasteiger partial charge in [0, 0.05) is 0 Å². The summed E-state index contributed by atoms with van der Waals surface area (Å²) >= 11 is 0.274. The Kier molecular flexibility index (Phi) is 2.83. The lowest BCUT2D eigenvalue weighted by Gasteiger charge is -2.02. The Balaban J connectivity index is 3.39. The molecule has 0 aliphatic rings. The average molecular weight is 158 g/mol. The van der Waals surface area contributed by atoms with Crippen LogP contribution in [-0.4, -0.2) is 17.1 Å². The zero-order chi connectivity index (χ0) is 7.49. The third-order valence-corrected chi connectivity index (χ3v) is 1.17. The largest absolute Gasteiger partial charge is 0.398 e. The maximum atomic E-state index is 11.2. The highest BCUT2D eigenvalue weighted by molar-refractivity contribution is 8.13. The van der Waals surface area contributed by atoms with E-state index < -0.39 is 17.1 Å². The molecule has 0 aromatic carbocycles. The van der Waals surface area contributed by atoms with Gasteiger partial charge >= 0.3 is 6.18 Å². The number of rotatable bonds is 1. The van der Waals surface area contributed by atoms with Gasteiger partial charge < -0.3 is 5.73 Å². The van der Waals surface area contributed by atoms with Crippen molar-refractivity contribution in [3.05, 3.63) is 0 Å². The van der Waals surface area contributed by atoms with Crippen LogP contribution in [0, 0.1) is 5.41 Å². The first-order valence-corrected chi connectivity index (χ1v) is 2.94. The summed E-state index contributed by atoms with van der Waals surface area (Å²) in [5, 5.41) is 5.91. The normalized spacial score (nSPS) is 11.4. The first kappa shape index (κ1) is 8.61. The SMILES string of the molecule is N=C(N)SCC(F)(F)F. The molecule has 0 radical (unpaired) electrons. The van der Waals surface area contributed by atoms with Gasteiger partial charge in [-0.25, -0.2) is 0 Å². The second-order valence-corrected chi connectivity index (χ2v) is 2.29. The first-order chi connectivity index (χ1) is 3.92. The van der Waals surface area contributed by atoms with Crippen LogP contribution in [0.3, 0.4) is 0 Å². The molecule has 0 heterocycles. The fraction of sp³-hybridized carbons (Fsp3) is 0.667. The molecule has 0 bridgehead atoms. The number of hydrogen-bond acceptors (Lipinski definition) is 2. The predicted octanol–water partition coefficient (Wildman–Crippen LogP) is 1.18. The average Bonchev–Trinajstić information content (AvgIpc) is 1.59. The maximum Gasteiger partial charge on any atom is 0.398 e. The van der Waals surface area contributed by atoms with E-state index in [1.807, 2.05) is 0 Å². The molecule has 0 aromatic heterocycles. The highest BCUT2D eigenvalue weighted by Crippen LogP contribution is 2.20. The Morgan fingerprint density at radius 3 is 2.11 bits per heavy atom. The van der Waals surface area contributed by atoms with Gasteiger partial charge in [-0.3, -0.25) is 5.41 Å². The summed E-state index contributed by atoms with van der Waals surface area (Å²) in [6.45, 7) is 0. The van der Waals surface area contributed by atoms with E-state index in [1.165, 1.54) is 0 Å². The summed E-state index contributed by atoms with van der Waals surface area (Å²) in [4.78, 5) is 0. The van der Waals surface area contributed by atoms with Crippen LogP contribution in [-0.2, 0) is 0 Å². The standard InChI is InChI=1S/C3H5F3N2S/c4-3(5,6)1-9-2(7)8/h1H2,(H3,7,8). The number of hydrogen-bond donors (Lipinski definition) is 2. The van der Waals surface area contributed by atoms with Gasteiger partial charge in [0.25, 0.3) is 0 Å². The fourth-order valence-electron chi connectivity index (χ4n) is 0.160. The van der Waals surface area contributed by atoms with Crippen LogP contribution >= 0.6 is 11.8 Å². The number of alkyl halides is 3. The van der Waals surface area contributed by atoms with Crippen molar-refractivity contribution in [1.82, 2.24) is 0 Å². The van der Waals surface area contributed by atoms with E-state index in [0.717, 1.165) is 0 Å². The minimum Gasteiger partial charge on any atom is -0.379 e. The van der Waals surface area contributed by atoms with Gasteiger partial charge in [0.15, 0.2) is 5.17 Å². The summed E-state index contributed by atoms with van der Waals surface area (Å²) in [5.41, 5.74) is 4.65. The predicted molar refractivity (Wildman–Crippen MR) is 30.4 cm³/mol. The molecule has 0 aliphatic heterocycles. The number of thioether (sulfide) groups is 1. The Labute approximate surface area is 54.1 Å². The molecule has 0 amide bonds. The van der Waals surface area contributed by atoms with Crippen LogP contribution in [0.5, 0.6) is 0 Å². The van der Waals surface area contributed by atoms with Gasteiger partial charge in [0.05, 0.1) is 5.75 Å². The Morgan fingerprint density at radius 1 is 1.56 bits per heavy atom. The second kappa shape index (κ2) is 2.95. The van der Waals surface area contributed by atoms with E-state index in [-0.39, 0.29) is 11.8 Å². The molecule has 0 rings (SSSR count). The molecule has 3 N–H and O–H groups in total. The van der Waals surface area contributed by atoms with Crippen molar-refractivity contribution in [2.24, 2.45) is 5.73 Å². The van der Waals surface area contributed by atoms with Crippen LogP contribution < -0.4 is 5.73 Å². The minimum absolute atomic E-state index is 0.274. The quantitative estimate of drug-likeness (QED) is 0.444. The lowest BCUT2D eigenvalue weighted by Crippen LogP contribution is -2.15. The van der Waals surface area contributed by atoms with E-state index in [4.69, 9.17) is 5.41 Å². The number of nitrogens with two attached hydrogens (primary N) is 1. The van der Waals surface area contributed by atoms with Crippen molar-refractivity contribution in [3.63, 3.8) is 0 Å². The van der Waals surface area contributed by atoms with Crippen LogP contribution in [0.2, 0.25) is 0 Å². The van der Waals surface area contributed by atoms with E-state index >= 15 is 0 Å². The molecule has 0 fully saturated rings. The highest BCUT2D eigenvalue weighted by atomic mass is 32.2. The van der Waals surface area contributed by atoms with Crippen molar-refractivity contribution in [2.45, 2.75) is 6.18 Å². The molecule has 54 valence electrons. The van der Waals surface area contributed by atoms with Crippen molar-refractivity contribution >= 4 is 16.9 Å². The van der Waals surface area contributed by atoms with Gasteiger partial charge in [0.1, 0.15) is 0 Å². The Hall–Kier alpha value is -0.390. The molecule has 0 saturated carbocycles.